The van der Waals surface area contributed by atoms with E-state index in [9.17, 15) is 4.79 Å². The van der Waals surface area contributed by atoms with Gasteiger partial charge in [-0.1, -0.05) is 18.2 Å². The highest BCUT2D eigenvalue weighted by atomic mass is 16.2. The number of para-hydroxylation sites is 1. The van der Waals surface area contributed by atoms with Crippen molar-refractivity contribution >= 4 is 22.6 Å². The number of fused-ring (bicyclic) bond motifs is 2. The van der Waals surface area contributed by atoms with Crippen LogP contribution in [0, 0.1) is 0 Å². The lowest BCUT2D eigenvalue weighted by Crippen LogP contribution is -2.49. The summed E-state index contributed by atoms with van der Waals surface area (Å²) in [6.45, 7) is 3.16. The molecule has 1 N–H and O–H groups in total. The summed E-state index contributed by atoms with van der Waals surface area (Å²) in [5, 5.41) is 10.1. The number of aromatic nitrogens is 3. The first-order valence-corrected chi connectivity index (χ1v) is 10.7. The third-order valence-electron chi connectivity index (χ3n) is 6.30. The van der Waals surface area contributed by atoms with Gasteiger partial charge in [0.1, 0.15) is 0 Å². The molecule has 1 amide bonds. The molecule has 3 aromatic rings. The first-order chi connectivity index (χ1) is 14.3. The van der Waals surface area contributed by atoms with Crippen LogP contribution in [0.25, 0.3) is 10.9 Å². The lowest BCUT2D eigenvalue weighted by Gasteiger charge is -2.35. The number of carbonyl (C=O) groups is 1. The van der Waals surface area contributed by atoms with E-state index in [1.54, 1.807) is 0 Å². The summed E-state index contributed by atoms with van der Waals surface area (Å²) in [4.78, 5) is 20.3. The van der Waals surface area contributed by atoms with E-state index in [0.29, 0.717) is 6.42 Å². The predicted molar refractivity (Wildman–Crippen MR) is 114 cm³/mol. The maximum Gasteiger partial charge on any atom is 0.223 e. The van der Waals surface area contributed by atoms with Gasteiger partial charge in [0.25, 0.3) is 0 Å². The monoisotopic (exact) mass is 389 g/mol. The average molecular weight is 390 g/mol. The van der Waals surface area contributed by atoms with Gasteiger partial charge >= 0.3 is 0 Å². The van der Waals surface area contributed by atoms with E-state index in [2.05, 4.69) is 38.3 Å². The molecule has 0 saturated carbocycles. The standard InChI is InChI=1S/C23H27N5O/c29-23(10-9-18-16-24-21-8-4-2-6-19(18)21)28-13-11-27(12-14-28)22-15-17-5-1-3-7-20(17)25-26-22/h2,4,6,8,15-16,24H,1,3,5,7,9-14H2. The van der Waals surface area contributed by atoms with Crippen molar-refractivity contribution in [2.45, 2.75) is 38.5 Å². The Morgan fingerprint density at radius 1 is 1.03 bits per heavy atom. The number of nitrogens with one attached hydrogen (secondary N) is 1. The maximum atomic E-state index is 12.7. The number of hydrogen-bond acceptors (Lipinski definition) is 4. The van der Waals surface area contributed by atoms with Crippen LogP contribution in [0.5, 0.6) is 0 Å². The summed E-state index contributed by atoms with van der Waals surface area (Å²) in [6, 6.07) is 10.5. The molecule has 5 rings (SSSR count). The highest BCUT2D eigenvalue weighted by molar-refractivity contribution is 5.84. The van der Waals surface area contributed by atoms with Crippen LogP contribution >= 0.6 is 0 Å². The molecule has 1 fully saturated rings. The zero-order valence-corrected chi connectivity index (χ0v) is 16.7. The number of carbonyl (C=O) groups excluding carboxylic acids is 1. The molecule has 0 radical (unpaired) electrons. The van der Waals surface area contributed by atoms with Crippen molar-refractivity contribution in [2.24, 2.45) is 0 Å². The third-order valence-corrected chi connectivity index (χ3v) is 6.30. The molecule has 1 aliphatic carbocycles. The van der Waals surface area contributed by atoms with Crippen molar-refractivity contribution in [1.82, 2.24) is 20.1 Å². The zero-order chi connectivity index (χ0) is 19.6. The molecule has 29 heavy (non-hydrogen) atoms. The number of amides is 1. The van der Waals surface area contributed by atoms with Crippen molar-refractivity contribution in [1.29, 1.82) is 0 Å². The summed E-state index contributed by atoms with van der Waals surface area (Å²) in [5.74, 6) is 1.21. The molecule has 6 nitrogen and oxygen atoms in total. The van der Waals surface area contributed by atoms with Crippen molar-refractivity contribution in [3.8, 4) is 0 Å². The number of nitrogens with zero attached hydrogens (tertiary/aromatic N) is 4. The maximum absolute atomic E-state index is 12.7. The Bertz CT molecular complexity index is 1020. The molecule has 1 aliphatic heterocycles. The fourth-order valence-corrected chi connectivity index (χ4v) is 4.56. The van der Waals surface area contributed by atoms with E-state index in [-0.39, 0.29) is 5.91 Å². The van der Waals surface area contributed by atoms with Crippen molar-refractivity contribution in [3.63, 3.8) is 0 Å². The van der Waals surface area contributed by atoms with E-state index >= 15 is 0 Å². The summed E-state index contributed by atoms with van der Waals surface area (Å²) >= 11 is 0. The minimum Gasteiger partial charge on any atom is -0.361 e. The normalized spacial score (nSPS) is 16.8. The number of rotatable bonds is 4. The van der Waals surface area contributed by atoms with Gasteiger partial charge in [0, 0.05) is 49.7 Å². The Kier molecular flexibility index (Phi) is 4.92. The highest BCUT2D eigenvalue weighted by Gasteiger charge is 2.23. The summed E-state index contributed by atoms with van der Waals surface area (Å²) in [6.07, 6.45) is 8.01. The van der Waals surface area contributed by atoms with Crippen molar-refractivity contribution in [2.75, 3.05) is 31.1 Å². The lowest BCUT2D eigenvalue weighted by molar-refractivity contribution is -0.131. The third kappa shape index (κ3) is 3.71. The van der Waals surface area contributed by atoms with E-state index < -0.39 is 0 Å². The minimum atomic E-state index is 0.242. The van der Waals surface area contributed by atoms with Crippen LogP contribution in [0.3, 0.4) is 0 Å². The van der Waals surface area contributed by atoms with E-state index in [4.69, 9.17) is 0 Å². The molecular weight excluding hydrogens is 362 g/mol. The molecule has 150 valence electrons. The predicted octanol–water partition coefficient (Wildman–Crippen LogP) is 3.12. The quantitative estimate of drug-likeness (QED) is 0.745. The van der Waals surface area contributed by atoms with Crippen LogP contribution in [0.15, 0.2) is 36.5 Å². The second-order valence-electron chi connectivity index (χ2n) is 8.11. The number of piperazine rings is 1. The number of benzene rings is 1. The fraction of sp³-hybridized carbons (Fsp3) is 0.435. The van der Waals surface area contributed by atoms with Gasteiger partial charge in [-0.05, 0) is 55.4 Å². The Morgan fingerprint density at radius 3 is 2.76 bits per heavy atom. The highest BCUT2D eigenvalue weighted by Crippen LogP contribution is 2.23. The van der Waals surface area contributed by atoms with Crippen molar-refractivity contribution in [3.05, 3.63) is 53.3 Å². The summed E-state index contributed by atoms with van der Waals surface area (Å²) in [5.41, 5.74) is 4.89. The van der Waals surface area contributed by atoms with Gasteiger partial charge in [0.15, 0.2) is 5.82 Å². The van der Waals surface area contributed by atoms with Gasteiger partial charge in [-0.2, -0.15) is 5.10 Å². The average Bonchev–Trinajstić information content (AvgIpc) is 3.20. The van der Waals surface area contributed by atoms with Gasteiger partial charge in [-0.25, -0.2) is 0 Å². The Labute approximate surface area is 170 Å². The van der Waals surface area contributed by atoms with Crippen LogP contribution in [0.1, 0.15) is 36.1 Å². The number of aryl methyl sites for hydroxylation is 3. The number of aromatic amines is 1. The molecular formula is C23H27N5O. The van der Waals surface area contributed by atoms with Crippen LogP contribution in [0.2, 0.25) is 0 Å². The molecule has 0 unspecified atom stereocenters. The van der Waals surface area contributed by atoms with Gasteiger partial charge in [0.05, 0.1) is 5.69 Å². The number of anilines is 1. The lowest BCUT2D eigenvalue weighted by atomic mass is 9.97. The zero-order valence-electron chi connectivity index (χ0n) is 16.7. The molecule has 2 aliphatic rings. The van der Waals surface area contributed by atoms with Gasteiger partial charge in [-0.15, -0.1) is 5.10 Å². The molecule has 6 heteroatoms. The number of H-pyrrole nitrogens is 1. The van der Waals surface area contributed by atoms with Crippen molar-refractivity contribution < 1.29 is 4.79 Å². The van der Waals surface area contributed by atoms with E-state index in [0.717, 1.165) is 56.8 Å². The molecule has 0 spiro atoms. The number of hydrogen-bond donors (Lipinski definition) is 1. The van der Waals surface area contributed by atoms with Gasteiger partial charge in [-0.3, -0.25) is 4.79 Å². The first kappa shape index (κ1) is 18.2. The fourth-order valence-electron chi connectivity index (χ4n) is 4.56. The molecule has 1 saturated heterocycles. The Balaban J connectivity index is 1.17. The largest absolute Gasteiger partial charge is 0.361 e. The molecule has 3 heterocycles. The minimum absolute atomic E-state index is 0.242. The molecule has 2 aromatic heterocycles. The SMILES string of the molecule is O=C(CCc1c[nH]c2ccccc12)N1CCN(c2cc3c(nn2)CCCC3)CC1. The van der Waals surface area contributed by atoms with E-state index in [1.807, 2.05) is 23.2 Å². The topological polar surface area (TPSA) is 65.1 Å². The van der Waals surface area contributed by atoms with Crippen LogP contribution in [-0.4, -0.2) is 52.2 Å². The molecule has 0 bridgehead atoms. The Hall–Kier alpha value is -2.89. The van der Waals surface area contributed by atoms with Gasteiger partial charge < -0.3 is 14.8 Å². The first-order valence-electron chi connectivity index (χ1n) is 10.7. The second-order valence-corrected chi connectivity index (χ2v) is 8.11. The smallest absolute Gasteiger partial charge is 0.223 e. The van der Waals surface area contributed by atoms with Crippen LogP contribution in [0.4, 0.5) is 5.82 Å². The molecule has 0 atom stereocenters. The van der Waals surface area contributed by atoms with E-state index in [1.165, 1.54) is 35.0 Å². The van der Waals surface area contributed by atoms with Crippen LogP contribution < -0.4 is 4.90 Å². The van der Waals surface area contributed by atoms with Crippen LogP contribution in [-0.2, 0) is 24.1 Å². The Morgan fingerprint density at radius 2 is 1.86 bits per heavy atom. The molecule has 1 aromatic carbocycles. The van der Waals surface area contributed by atoms with Gasteiger partial charge in [0.2, 0.25) is 5.91 Å². The summed E-state index contributed by atoms with van der Waals surface area (Å²) in [7, 11) is 0. The summed E-state index contributed by atoms with van der Waals surface area (Å²) < 4.78 is 0. The second kappa shape index (κ2) is 7.85.